The number of nitrogens with two attached hydrogens (primary N) is 1. The number of hydrogen-bond donors (Lipinski definition) is 4. The van der Waals surface area contributed by atoms with Gasteiger partial charge in [0.1, 0.15) is 5.54 Å². The molecule has 1 aromatic carbocycles. The van der Waals surface area contributed by atoms with E-state index in [1.807, 2.05) is 0 Å². The molecule has 0 unspecified atom stereocenters. The maximum Gasteiger partial charge on any atom is 0.356 e. The van der Waals surface area contributed by atoms with Gasteiger partial charge in [0.2, 0.25) is 0 Å². The van der Waals surface area contributed by atoms with Crippen LogP contribution in [0.25, 0.3) is 0 Å². The molecule has 92 valence electrons. The van der Waals surface area contributed by atoms with Gasteiger partial charge in [0, 0.05) is 0 Å². The zero-order valence-electron chi connectivity index (χ0n) is 8.83. The maximum atomic E-state index is 11.1. The topological polar surface area (TPSA) is 121 Å². The first-order valence-corrected chi connectivity index (χ1v) is 6.58. The lowest BCUT2D eigenvalue weighted by Crippen LogP contribution is -2.42. The van der Waals surface area contributed by atoms with Crippen LogP contribution in [0, 0.1) is 0 Å². The van der Waals surface area contributed by atoms with Gasteiger partial charge in [0.25, 0.3) is 0 Å². The number of carboxylic acids is 1. The number of carbonyl (C=O) groups is 1. The van der Waals surface area contributed by atoms with Gasteiger partial charge in [-0.15, -0.1) is 0 Å². The molecule has 1 aromatic rings. The van der Waals surface area contributed by atoms with Crippen LogP contribution in [-0.4, -0.2) is 20.9 Å². The first-order valence-electron chi connectivity index (χ1n) is 4.97. The van der Waals surface area contributed by atoms with Crippen LogP contribution in [0.15, 0.2) is 18.2 Å². The van der Waals surface area contributed by atoms with Crippen molar-refractivity contribution in [2.75, 3.05) is 0 Å². The van der Waals surface area contributed by atoms with Crippen molar-refractivity contribution in [3.05, 3.63) is 29.3 Å². The molecule has 0 heterocycles. The molecular weight excluding hydrogens is 245 g/mol. The van der Waals surface area contributed by atoms with E-state index in [1.165, 1.54) is 18.2 Å². The van der Waals surface area contributed by atoms with Crippen LogP contribution >= 0.6 is 7.60 Å². The summed E-state index contributed by atoms with van der Waals surface area (Å²) in [6.45, 7) is 0. The standard InChI is InChI=1S/C10H12NO5P/c11-10(9(12)13)4-3-6-5-7(17(14,15)16)1-2-8(6)10/h1-2,5H,3-4,11H2,(H,12,13)(H2,14,15,16)/t10-/m0/s1. The summed E-state index contributed by atoms with van der Waals surface area (Å²) in [6, 6.07) is 3.97. The van der Waals surface area contributed by atoms with Crippen LogP contribution in [0.4, 0.5) is 0 Å². The van der Waals surface area contributed by atoms with Crippen LogP contribution in [0.1, 0.15) is 17.5 Å². The van der Waals surface area contributed by atoms with E-state index in [2.05, 4.69) is 0 Å². The summed E-state index contributed by atoms with van der Waals surface area (Å²) in [5.41, 5.74) is 5.36. The minimum atomic E-state index is -4.30. The molecule has 1 aliphatic rings. The smallest absolute Gasteiger partial charge is 0.356 e. The molecule has 5 N–H and O–H groups in total. The summed E-state index contributed by atoms with van der Waals surface area (Å²) in [4.78, 5) is 29.1. The summed E-state index contributed by atoms with van der Waals surface area (Å²) in [5, 5.41) is 8.96. The Bertz CT molecular complexity index is 537. The Labute approximate surface area is 97.2 Å². The van der Waals surface area contributed by atoms with E-state index >= 15 is 0 Å². The van der Waals surface area contributed by atoms with Gasteiger partial charge in [0.15, 0.2) is 0 Å². The van der Waals surface area contributed by atoms with Gasteiger partial charge < -0.3 is 20.6 Å². The van der Waals surface area contributed by atoms with Crippen molar-refractivity contribution in [3.8, 4) is 0 Å². The fourth-order valence-corrected chi connectivity index (χ4v) is 2.68. The first-order chi connectivity index (χ1) is 7.75. The molecule has 2 rings (SSSR count). The van der Waals surface area contributed by atoms with Gasteiger partial charge in [0.05, 0.1) is 5.30 Å². The highest BCUT2D eigenvalue weighted by atomic mass is 31.2. The Hall–Kier alpha value is -1.20. The van der Waals surface area contributed by atoms with Crippen LogP contribution in [0.3, 0.4) is 0 Å². The van der Waals surface area contributed by atoms with Crippen LogP contribution < -0.4 is 11.0 Å². The summed E-state index contributed by atoms with van der Waals surface area (Å²) in [5.74, 6) is -1.12. The maximum absolute atomic E-state index is 11.1. The highest BCUT2D eigenvalue weighted by Gasteiger charge is 2.42. The minimum absolute atomic E-state index is 0.106. The monoisotopic (exact) mass is 257 g/mol. The highest BCUT2D eigenvalue weighted by Crippen LogP contribution is 2.39. The van der Waals surface area contributed by atoms with Gasteiger partial charge >= 0.3 is 13.6 Å². The summed E-state index contributed by atoms with van der Waals surface area (Å²) in [6.07, 6.45) is 0.647. The Morgan fingerprint density at radius 1 is 1.41 bits per heavy atom. The molecule has 0 saturated carbocycles. The van der Waals surface area contributed by atoms with E-state index in [0.29, 0.717) is 17.5 Å². The molecule has 0 spiro atoms. The fraction of sp³-hybridized carbons (Fsp3) is 0.300. The van der Waals surface area contributed by atoms with Crippen molar-refractivity contribution >= 4 is 18.9 Å². The molecule has 0 amide bonds. The molecule has 0 fully saturated rings. The molecule has 0 bridgehead atoms. The van der Waals surface area contributed by atoms with Gasteiger partial charge in [-0.3, -0.25) is 4.57 Å². The summed E-state index contributed by atoms with van der Waals surface area (Å²) in [7, 11) is -4.30. The van der Waals surface area contributed by atoms with Crippen LogP contribution in [-0.2, 0) is 21.3 Å². The Morgan fingerprint density at radius 3 is 2.59 bits per heavy atom. The average Bonchev–Trinajstić information content (AvgIpc) is 2.56. The first kappa shape index (κ1) is 12.3. The third-order valence-electron chi connectivity index (χ3n) is 3.08. The van der Waals surface area contributed by atoms with E-state index in [9.17, 15) is 9.36 Å². The van der Waals surface area contributed by atoms with Crippen molar-refractivity contribution < 1.29 is 24.3 Å². The molecule has 1 atom stereocenters. The zero-order valence-corrected chi connectivity index (χ0v) is 9.72. The van der Waals surface area contributed by atoms with E-state index in [0.717, 1.165) is 0 Å². The van der Waals surface area contributed by atoms with E-state index < -0.39 is 19.1 Å². The predicted molar refractivity (Wildman–Crippen MR) is 59.9 cm³/mol. The van der Waals surface area contributed by atoms with E-state index in [4.69, 9.17) is 20.6 Å². The zero-order chi connectivity index (χ0) is 12.8. The van der Waals surface area contributed by atoms with Crippen molar-refractivity contribution in [3.63, 3.8) is 0 Å². The number of carboxylic acid groups (broad SMARTS) is 1. The number of aliphatic carboxylic acids is 1. The van der Waals surface area contributed by atoms with E-state index in [-0.39, 0.29) is 11.7 Å². The van der Waals surface area contributed by atoms with Gasteiger partial charge in [-0.1, -0.05) is 6.07 Å². The van der Waals surface area contributed by atoms with Gasteiger partial charge in [-0.25, -0.2) is 4.79 Å². The van der Waals surface area contributed by atoms with Crippen molar-refractivity contribution in [2.24, 2.45) is 5.73 Å². The third kappa shape index (κ3) is 1.89. The second-order valence-electron chi connectivity index (χ2n) is 4.16. The van der Waals surface area contributed by atoms with Crippen LogP contribution in [0.2, 0.25) is 0 Å². The normalized spacial score (nSPS) is 23.5. The minimum Gasteiger partial charge on any atom is -0.480 e. The van der Waals surface area contributed by atoms with E-state index in [1.54, 1.807) is 0 Å². The molecule has 17 heavy (non-hydrogen) atoms. The number of hydrogen-bond acceptors (Lipinski definition) is 3. The largest absolute Gasteiger partial charge is 0.480 e. The molecule has 0 radical (unpaired) electrons. The summed E-state index contributed by atoms with van der Waals surface area (Å²) >= 11 is 0. The summed E-state index contributed by atoms with van der Waals surface area (Å²) < 4.78 is 11.1. The lowest BCUT2D eigenvalue weighted by molar-refractivity contribution is -0.143. The Balaban J connectivity index is 2.53. The van der Waals surface area contributed by atoms with Crippen molar-refractivity contribution in [2.45, 2.75) is 18.4 Å². The number of aryl methyl sites for hydroxylation is 1. The Morgan fingerprint density at radius 2 is 2.06 bits per heavy atom. The molecule has 0 aromatic heterocycles. The molecular formula is C10H12NO5P. The van der Waals surface area contributed by atoms with Crippen molar-refractivity contribution in [1.82, 2.24) is 0 Å². The third-order valence-corrected chi connectivity index (χ3v) is 4.03. The second kappa shape index (κ2) is 3.65. The number of benzene rings is 1. The molecule has 1 aliphatic carbocycles. The fourth-order valence-electron chi connectivity index (χ4n) is 2.09. The number of rotatable bonds is 2. The lowest BCUT2D eigenvalue weighted by atomic mass is 9.93. The molecule has 0 saturated heterocycles. The Kier molecular flexibility index (Phi) is 2.63. The molecule has 7 heteroatoms. The quantitative estimate of drug-likeness (QED) is 0.538. The number of fused-ring (bicyclic) bond motifs is 1. The van der Waals surface area contributed by atoms with Gasteiger partial charge in [-0.2, -0.15) is 0 Å². The predicted octanol–water partition coefficient (Wildman–Crippen LogP) is -0.326. The highest BCUT2D eigenvalue weighted by molar-refractivity contribution is 7.60. The molecule has 6 nitrogen and oxygen atoms in total. The lowest BCUT2D eigenvalue weighted by Gasteiger charge is -2.19. The molecule has 0 aliphatic heterocycles. The average molecular weight is 257 g/mol. The second-order valence-corrected chi connectivity index (χ2v) is 5.77. The van der Waals surface area contributed by atoms with Crippen LogP contribution in [0.5, 0.6) is 0 Å². The van der Waals surface area contributed by atoms with Gasteiger partial charge in [-0.05, 0) is 36.1 Å². The SMILES string of the molecule is N[C@@]1(C(=O)O)CCc2cc(P(=O)(O)O)ccc21. The van der Waals surface area contributed by atoms with Crippen molar-refractivity contribution in [1.29, 1.82) is 0 Å².